The quantitative estimate of drug-likeness (QED) is 0.774. The molecule has 0 saturated heterocycles. The summed E-state index contributed by atoms with van der Waals surface area (Å²) in [5.41, 5.74) is 1.01. The van der Waals surface area contributed by atoms with Crippen LogP contribution in [-0.4, -0.2) is 18.2 Å². The van der Waals surface area contributed by atoms with Crippen LogP contribution in [0.15, 0.2) is 24.3 Å². The summed E-state index contributed by atoms with van der Waals surface area (Å²) in [5, 5.41) is 8.85. The van der Waals surface area contributed by atoms with Gasteiger partial charge in [-0.3, -0.25) is 0 Å². The van der Waals surface area contributed by atoms with Gasteiger partial charge in [0.2, 0.25) is 0 Å². The van der Waals surface area contributed by atoms with E-state index in [1.54, 1.807) is 31.4 Å². The third-order valence-electron chi connectivity index (χ3n) is 1.98. The van der Waals surface area contributed by atoms with Gasteiger partial charge >= 0.3 is 5.97 Å². The molecule has 0 aliphatic carbocycles. The van der Waals surface area contributed by atoms with Crippen LogP contribution in [0.2, 0.25) is 0 Å². The highest BCUT2D eigenvalue weighted by Gasteiger charge is 2.13. The van der Waals surface area contributed by atoms with E-state index in [4.69, 9.17) is 9.84 Å². The molecule has 0 spiro atoms. The summed E-state index contributed by atoms with van der Waals surface area (Å²) in [4.78, 5) is 10.8. The van der Waals surface area contributed by atoms with E-state index >= 15 is 0 Å². The molecule has 0 saturated carbocycles. The van der Waals surface area contributed by atoms with Crippen LogP contribution in [0.5, 0.6) is 0 Å². The average molecular weight is 180 g/mol. The molecule has 0 aromatic heterocycles. The lowest BCUT2D eigenvalue weighted by molar-refractivity contribution is 0.0683. The Balaban J connectivity index is 3.11. The summed E-state index contributed by atoms with van der Waals surface area (Å²) >= 11 is 0. The Kier molecular flexibility index (Phi) is 3.03. The van der Waals surface area contributed by atoms with Crippen LogP contribution in [0.4, 0.5) is 0 Å². The fourth-order valence-electron chi connectivity index (χ4n) is 1.17. The number of hydrogen-bond acceptors (Lipinski definition) is 2. The molecule has 1 rings (SSSR count). The predicted octanol–water partition coefficient (Wildman–Crippen LogP) is 2.09. The van der Waals surface area contributed by atoms with Gasteiger partial charge in [-0.1, -0.05) is 18.2 Å². The van der Waals surface area contributed by atoms with Crippen molar-refractivity contribution in [2.45, 2.75) is 13.0 Å². The molecule has 3 heteroatoms. The lowest BCUT2D eigenvalue weighted by atomic mass is 10.0. The molecule has 0 amide bonds. The number of hydrogen-bond donors (Lipinski definition) is 1. The molecule has 0 fully saturated rings. The Morgan fingerprint density at radius 1 is 1.46 bits per heavy atom. The van der Waals surface area contributed by atoms with Crippen molar-refractivity contribution in [2.75, 3.05) is 7.11 Å². The lowest BCUT2D eigenvalue weighted by Crippen LogP contribution is -2.06. The molecular weight excluding hydrogens is 168 g/mol. The minimum atomic E-state index is -0.917. The number of aromatic carboxylic acids is 1. The first-order valence-corrected chi connectivity index (χ1v) is 4.02. The molecule has 1 N–H and O–H groups in total. The Morgan fingerprint density at radius 3 is 2.62 bits per heavy atom. The van der Waals surface area contributed by atoms with Crippen molar-refractivity contribution >= 4 is 5.97 Å². The predicted molar refractivity (Wildman–Crippen MR) is 48.8 cm³/mol. The van der Waals surface area contributed by atoms with E-state index in [1.807, 2.05) is 6.92 Å². The number of ether oxygens (including phenoxy) is 1. The van der Waals surface area contributed by atoms with Crippen LogP contribution in [-0.2, 0) is 4.74 Å². The molecule has 0 radical (unpaired) electrons. The molecule has 0 aliphatic rings. The van der Waals surface area contributed by atoms with Gasteiger partial charge in [-0.05, 0) is 18.6 Å². The van der Waals surface area contributed by atoms with Gasteiger partial charge in [0.15, 0.2) is 0 Å². The van der Waals surface area contributed by atoms with Gasteiger partial charge < -0.3 is 9.84 Å². The Hall–Kier alpha value is -1.35. The molecule has 0 heterocycles. The number of benzene rings is 1. The third-order valence-corrected chi connectivity index (χ3v) is 1.98. The molecule has 13 heavy (non-hydrogen) atoms. The topological polar surface area (TPSA) is 46.5 Å². The van der Waals surface area contributed by atoms with Crippen molar-refractivity contribution in [1.82, 2.24) is 0 Å². The van der Waals surface area contributed by atoms with E-state index in [1.165, 1.54) is 0 Å². The van der Waals surface area contributed by atoms with Gasteiger partial charge in [-0.2, -0.15) is 0 Å². The van der Waals surface area contributed by atoms with Crippen molar-refractivity contribution in [2.24, 2.45) is 0 Å². The van der Waals surface area contributed by atoms with Gasteiger partial charge in [0.05, 0.1) is 11.7 Å². The van der Waals surface area contributed by atoms with Crippen LogP contribution in [0.25, 0.3) is 0 Å². The monoisotopic (exact) mass is 180 g/mol. The molecule has 1 aromatic carbocycles. The molecule has 70 valence electrons. The van der Waals surface area contributed by atoms with Gasteiger partial charge in [-0.15, -0.1) is 0 Å². The van der Waals surface area contributed by atoms with Gasteiger partial charge in [0.1, 0.15) is 0 Å². The molecule has 0 bridgehead atoms. The first kappa shape index (κ1) is 9.74. The Labute approximate surface area is 77.0 Å². The van der Waals surface area contributed by atoms with E-state index in [-0.39, 0.29) is 6.10 Å². The van der Waals surface area contributed by atoms with Crippen molar-refractivity contribution in [1.29, 1.82) is 0 Å². The van der Waals surface area contributed by atoms with E-state index < -0.39 is 5.97 Å². The standard InChI is InChI=1S/C10H12O3/c1-7(13-2)8-5-3-4-6-9(8)10(11)12/h3-7H,1-2H3,(H,11,12). The van der Waals surface area contributed by atoms with Crippen molar-refractivity contribution < 1.29 is 14.6 Å². The summed E-state index contributed by atoms with van der Waals surface area (Å²) in [6, 6.07) is 6.84. The zero-order valence-electron chi connectivity index (χ0n) is 7.65. The highest BCUT2D eigenvalue weighted by molar-refractivity contribution is 5.89. The summed E-state index contributed by atoms with van der Waals surface area (Å²) in [6.07, 6.45) is -0.188. The fraction of sp³-hybridized carbons (Fsp3) is 0.300. The number of carboxylic acids is 1. The highest BCUT2D eigenvalue weighted by Crippen LogP contribution is 2.19. The number of carbonyl (C=O) groups is 1. The van der Waals surface area contributed by atoms with Crippen LogP contribution < -0.4 is 0 Å². The summed E-state index contributed by atoms with van der Waals surface area (Å²) in [6.45, 7) is 1.82. The van der Waals surface area contributed by atoms with E-state index in [0.29, 0.717) is 11.1 Å². The second-order valence-corrected chi connectivity index (χ2v) is 2.77. The maximum atomic E-state index is 10.8. The SMILES string of the molecule is COC(C)c1ccccc1C(=O)O. The van der Waals surface area contributed by atoms with E-state index in [9.17, 15) is 4.79 Å². The third kappa shape index (κ3) is 2.06. The van der Waals surface area contributed by atoms with E-state index in [0.717, 1.165) is 0 Å². The minimum Gasteiger partial charge on any atom is -0.478 e. The van der Waals surface area contributed by atoms with Gasteiger partial charge in [-0.25, -0.2) is 4.79 Å². The number of rotatable bonds is 3. The summed E-state index contributed by atoms with van der Waals surface area (Å²) in [5.74, 6) is -0.917. The second kappa shape index (κ2) is 4.05. The minimum absolute atomic E-state index is 0.188. The number of carboxylic acid groups (broad SMARTS) is 1. The zero-order chi connectivity index (χ0) is 9.84. The van der Waals surface area contributed by atoms with Crippen LogP contribution in [0.3, 0.4) is 0 Å². The van der Waals surface area contributed by atoms with Gasteiger partial charge in [0, 0.05) is 7.11 Å². The molecule has 3 nitrogen and oxygen atoms in total. The Morgan fingerprint density at radius 2 is 2.08 bits per heavy atom. The second-order valence-electron chi connectivity index (χ2n) is 2.77. The summed E-state index contributed by atoms with van der Waals surface area (Å²) < 4.78 is 5.06. The maximum absolute atomic E-state index is 10.8. The van der Waals surface area contributed by atoms with E-state index in [2.05, 4.69) is 0 Å². The zero-order valence-corrected chi connectivity index (χ0v) is 7.65. The van der Waals surface area contributed by atoms with Gasteiger partial charge in [0.25, 0.3) is 0 Å². The first-order valence-electron chi connectivity index (χ1n) is 4.02. The molecule has 1 aromatic rings. The smallest absolute Gasteiger partial charge is 0.336 e. The highest BCUT2D eigenvalue weighted by atomic mass is 16.5. The maximum Gasteiger partial charge on any atom is 0.336 e. The lowest BCUT2D eigenvalue weighted by Gasteiger charge is -2.11. The van der Waals surface area contributed by atoms with Crippen molar-refractivity contribution in [3.63, 3.8) is 0 Å². The molecular formula is C10H12O3. The van der Waals surface area contributed by atoms with Crippen molar-refractivity contribution in [3.05, 3.63) is 35.4 Å². The van der Waals surface area contributed by atoms with Crippen LogP contribution in [0, 0.1) is 0 Å². The Bertz CT molecular complexity index is 307. The fourth-order valence-corrected chi connectivity index (χ4v) is 1.17. The number of methoxy groups -OCH3 is 1. The van der Waals surface area contributed by atoms with Crippen LogP contribution >= 0.6 is 0 Å². The van der Waals surface area contributed by atoms with Crippen LogP contribution in [0.1, 0.15) is 28.9 Å². The summed E-state index contributed by atoms with van der Waals surface area (Å²) in [7, 11) is 1.56. The van der Waals surface area contributed by atoms with Crippen molar-refractivity contribution in [3.8, 4) is 0 Å². The molecule has 0 aliphatic heterocycles. The first-order chi connectivity index (χ1) is 6.16. The molecule has 1 atom stereocenters. The average Bonchev–Trinajstić information content (AvgIpc) is 2.16. The normalized spacial score (nSPS) is 12.5. The largest absolute Gasteiger partial charge is 0.478 e. The molecule has 1 unspecified atom stereocenters.